The lowest BCUT2D eigenvalue weighted by molar-refractivity contribution is 0.0596. The molecule has 1 fully saturated rings. The number of aromatic nitrogens is 2. The molecular formula is C18H17N3O2. The minimum Gasteiger partial charge on any atom is -0.497 e. The number of aromatic amines is 1. The van der Waals surface area contributed by atoms with Crippen LogP contribution in [0.2, 0.25) is 0 Å². The number of carbonyl (C=O) groups excluding carboxylic acids is 1. The van der Waals surface area contributed by atoms with Gasteiger partial charge >= 0.3 is 0 Å². The van der Waals surface area contributed by atoms with Gasteiger partial charge in [-0.3, -0.25) is 4.79 Å². The van der Waals surface area contributed by atoms with E-state index in [-0.39, 0.29) is 11.8 Å². The maximum atomic E-state index is 12.4. The Morgan fingerprint density at radius 1 is 1.17 bits per heavy atom. The summed E-state index contributed by atoms with van der Waals surface area (Å²) in [5.74, 6) is 2.06. The lowest BCUT2D eigenvalue weighted by Crippen LogP contribution is -2.48. The van der Waals surface area contributed by atoms with Gasteiger partial charge in [-0.25, -0.2) is 4.98 Å². The van der Waals surface area contributed by atoms with Crippen LogP contribution < -0.4 is 4.74 Å². The molecule has 0 aliphatic carbocycles. The van der Waals surface area contributed by atoms with Crippen LogP contribution in [0.5, 0.6) is 5.75 Å². The molecule has 1 aliphatic heterocycles. The number of para-hydroxylation sites is 2. The Balaban J connectivity index is 1.44. The van der Waals surface area contributed by atoms with Crippen LogP contribution in [-0.2, 0) is 0 Å². The third-order valence-electron chi connectivity index (χ3n) is 4.30. The first-order valence-electron chi connectivity index (χ1n) is 7.62. The summed E-state index contributed by atoms with van der Waals surface area (Å²) in [6.45, 7) is 1.40. The summed E-state index contributed by atoms with van der Waals surface area (Å²) in [4.78, 5) is 22.2. The van der Waals surface area contributed by atoms with Crippen molar-refractivity contribution in [2.75, 3.05) is 20.2 Å². The van der Waals surface area contributed by atoms with E-state index < -0.39 is 0 Å². The molecule has 0 bridgehead atoms. The first-order valence-corrected chi connectivity index (χ1v) is 7.62. The largest absolute Gasteiger partial charge is 0.497 e. The molecule has 0 saturated carbocycles. The average molecular weight is 307 g/mol. The summed E-state index contributed by atoms with van der Waals surface area (Å²) in [6, 6.07) is 15.2. The Bertz CT molecular complexity index is 815. The maximum absolute atomic E-state index is 12.4. The number of methoxy groups -OCH3 is 1. The third-order valence-corrected chi connectivity index (χ3v) is 4.30. The van der Waals surface area contributed by atoms with Crippen LogP contribution in [0, 0.1) is 0 Å². The van der Waals surface area contributed by atoms with Crippen molar-refractivity contribution in [2.45, 2.75) is 5.92 Å². The van der Waals surface area contributed by atoms with E-state index in [9.17, 15) is 4.79 Å². The van der Waals surface area contributed by atoms with E-state index in [0.717, 1.165) is 22.6 Å². The topological polar surface area (TPSA) is 58.2 Å². The number of H-pyrrole nitrogens is 1. The van der Waals surface area contributed by atoms with Crippen LogP contribution in [0.3, 0.4) is 0 Å². The van der Waals surface area contributed by atoms with Crippen LogP contribution in [0.4, 0.5) is 0 Å². The van der Waals surface area contributed by atoms with Gasteiger partial charge < -0.3 is 14.6 Å². The van der Waals surface area contributed by atoms with Gasteiger partial charge in [0.2, 0.25) is 0 Å². The molecule has 0 unspecified atom stereocenters. The number of benzene rings is 2. The van der Waals surface area contributed by atoms with Gasteiger partial charge in [-0.15, -0.1) is 0 Å². The van der Waals surface area contributed by atoms with Crippen molar-refractivity contribution >= 4 is 16.9 Å². The first-order chi connectivity index (χ1) is 11.2. The van der Waals surface area contributed by atoms with Crippen molar-refractivity contribution in [3.63, 3.8) is 0 Å². The molecule has 5 heteroatoms. The van der Waals surface area contributed by atoms with Crippen molar-refractivity contribution in [3.8, 4) is 5.75 Å². The molecule has 0 spiro atoms. The summed E-state index contributed by atoms with van der Waals surface area (Å²) in [5.41, 5.74) is 2.71. The van der Waals surface area contributed by atoms with E-state index in [1.165, 1.54) is 0 Å². The van der Waals surface area contributed by atoms with Gasteiger partial charge in [-0.1, -0.05) is 12.1 Å². The Labute approximate surface area is 133 Å². The fourth-order valence-electron chi connectivity index (χ4n) is 2.90. The van der Waals surface area contributed by atoms with Crippen molar-refractivity contribution < 1.29 is 9.53 Å². The number of nitrogens with zero attached hydrogens (tertiary/aromatic N) is 2. The van der Waals surface area contributed by atoms with Gasteiger partial charge in [-0.2, -0.15) is 0 Å². The maximum Gasteiger partial charge on any atom is 0.253 e. The van der Waals surface area contributed by atoms with Crippen molar-refractivity contribution in [1.82, 2.24) is 14.9 Å². The molecule has 1 aliphatic rings. The predicted molar refractivity (Wildman–Crippen MR) is 87.7 cm³/mol. The van der Waals surface area contributed by atoms with Crippen molar-refractivity contribution in [2.24, 2.45) is 0 Å². The number of nitrogens with one attached hydrogen (secondary N) is 1. The summed E-state index contributed by atoms with van der Waals surface area (Å²) in [6.07, 6.45) is 0. The van der Waals surface area contributed by atoms with Crippen LogP contribution in [0.1, 0.15) is 22.1 Å². The number of imidazole rings is 1. The van der Waals surface area contributed by atoms with Crippen LogP contribution in [-0.4, -0.2) is 41.0 Å². The smallest absolute Gasteiger partial charge is 0.253 e. The Morgan fingerprint density at radius 2 is 1.91 bits per heavy atom. The molecule has 4 rings (SSSR count). The highest BCUT2D eigenvalue weighted by molar-refractivity contribution is 5.95. The minimum absolute atomic E-state index is 0.0556. The number of hydrogen-bond donors (Lipinski definition) is 1. The van der Waals surface area contributed by atoms with E-state index >= 15 is 0 Å². The molecule has 5 nitrogen and oxygen atoms in total. The standard InChI is InChI=1S/C18H17N3O2/c1-23-14-8-6-12(7-9-14)18(22)21-10-13(11-21)17-19-15-4-2-3-5-16(15)20-17/h2-9,13H,10-11H2,1H3,(H,19,20). The number of ether oxygens (including phenoxy) is 1. The fraction of sp³-hybridized carbons (Fsp3) is 0.222. The average Bonchev–Trinajstić information content (AvgIpc) is 2.97. The minimum atomic E-state index is 0.0556. The van der Waals surface area contributed by atoms with Crippen molar-refractivity contribution in [3.05, 3.63) is 59.9 Å². The SMILES string of the molecule is COc1ccc(C(=O)N2CC(c3nc4ccccc4[nH]3)C2)cc1. The quantitative estimate of drug-likeness (QED) is 0.809. The molecule has 0 atom stereocenters. The van der Waals surface area contributed by atoms with E-state index in [1.54, 1.807) is 19.2 Å². The summed E-state index contributed by atoms with van der Waals surface area (Å²) >= 11 is 0. The number of hydrogen-bond acceptors (Lipinski definition) is 3. The molecule has 1 saturated heterocycles. The van der Waals surface area contributed by atoms with Crippen LogP contribution >= 0.6 is 0 Å². The predicted octanol–water partition coefficient (Wildman–Crippen LogP) is 2.81. The highest BCUT2D eigenvalue weighted by Crippen LogP contribution is 2.28. The second-order valence-electron chi connectivity index (χ2n) is 5.77. The molecule has 1 amide bonds. The van der Waals surface area contributed by atoms with E-state index in [0.29, 0.717) is 18.7 Å². The zero-order chi connectivity index (χ0) is 15.8. The number of rotatable bonds is 3. The first kappa shape index (κ1) is 13.8. The monoisotopic (exact) mass is 307 g/mol. The fourth-order valence-corrected chi connectivity index (χ4v) is 2.90. The normalized spacial score (nSPS) is 14.7. The van der Waals surface area contributed by atoms with Crippen LogP contribution in [0.25, 0.3) is 11.0 Å². The van der Waals surface area contributed by atoms with Crippen LogP contribution in [0.15, 0.2) is 48.5 Å². The summed E-state index contributed by atoms with van der Waals surface area (Å²) in [7, 11) is 1.62. The zero-order valence-corrected chi connectivity index (χ0v) is 12.8. The molecule has 23 heavy (non-hydrogen) atoms. The summed E-state index contributed by atoms with van der Waals surface area (Å²) in [5, 5.41) is 0. The molecule has 2 aromatic carbocycles. The van der Waals surface area contributed by atoms with Gasteiger partial charge in [0.1, 0.15) is 11.6 Å². The Morgan fingerprint density at radius 3 is 2.61 bits per heavy atom. The van der Waals surface area contributed by atoms with Crippen molar-refractivity contribution in [1.29, 1.82) is 0 Å². The number of amides is 1. The highest BCUT2D eigenvalue weighted by Gasteiger charge is 2.34. The van der Waals surface area contributed by atoms with Gasteiger partial charge in [0, 0.05) is 18.7 Å². The second-order valence-corrected chi connectivity index (χ2v) is 5.77. The number of carbonyl (C=O) groups is 1. The zero-order valence-electron chi connectivity index (χ0n) is 12.8. The second kappa shape index (κ2) is 5.43. The van der Waals surface area contributed by atoms with E-state index in [4.69, 9.17) is 4.74 Å². The van der Waals surface area contributed by atoms with Gasteiger partial charge in [0.25, 0.3) is 5.91 Å². The van der Waals surface area contributed by atoms with Gasteiger partial charge in [0.15, 0.2) is 0 Å². The lowest BCUT2D eigenvalue weighted by Gasteiger charge is -2.38. The van der Waals surface area contributed by atoms with E-state index in [1.807, 2.05) is 41.3 Å². The molecule has 2 heterocycles. The molecule has 1 aromatic heterocycles. The Kier molecular flexibility index (Phi) is 3.26. The lowest BCUT2D eigenvalue weighted by atomic mass is 9.98. The summed E-state index contributed by atoms with van der Waals surface area (Å²) < 4.78 is 5.12. The van der Waals surface area contributed by atoms with E-state index in [2.05, 4.69) is 9.97 Å². The number of likely N-dealkylation sites (tertiary alicyclic amines) is 1. The molecule has 3 aromatic rings. The molecular weight excluding hydrogens is 290 g/mol. The number of fused-ring (bicyclic) bond motifs is 1. The van der Waals surface area contributed by atoms with Gasteiger partial charge in [-0.05, 0) is 36.4 Å². The third kappa shape index (κ3) is 2.44. The Hall–Kier alpha value is -2.82. The molecule has 116 valence electrons. The molecule has 1 N–H and O–H groups in total. The molecule has 0 radical (unpaired) electrons. The van der Waals surface area contributed by atoms with Gasteiger partial charge in [0.05, 0.1) is 24.1 Å². The highest BCUT2D eigenvalue weighted by atomic mass is 16.5.